The summed E-state index contributed by atoms with van der Waals surface area (Å²) in [7, 11) is 0. The molecule has 212 valence electrons. The van der Waals surface area contributed by atoms with Crippen molar-refractivity contribution in [3.05, 3.63) is 84.4 Å². The average Bonchev–Trinajstić information content (AvgIpc) is 3.31. The maximum absolute atomic E-state index is 13.3. The van der Waals surface area contributed by atoms with Gasteiger partial charge in [0.05, 0.1) is 18.2 Å². The third-order valence-corrected chi connectivity index (χ3v) is 9.46. The average molecular weight is 603 g/mol. The third kappa shape index (κ3) is 6.22. The topological polar surface area (TPSA) is 42.1 Å². The van der Waals surface area contributed by atoms with Crippen LogP contribution in [0.2, 0.25) is 0 Å². The van der Waals surface area contributed by atoms with Crippen molar-refractivity contribution in [3.63, 3.8) is 0 Å². The van der Waals surface area contributed by atoms with Crippen LogP contribution in [0.25, 0.3) is 33.3 Å². The molecule has 0 radical (unpaired) electrons. The summed E-state index contributed by atoms with van der Waals surface area (Å²) in [4.78, 5) is 17.0. The summed E-state index contributed by atoms with van der Waals surface area (Å²) in [5, 5.41) is 1.21. The van der Waals surface area contributed by atoms with Crippen molar-refractivity contribution >= 4 is 32.8 Å². The van der Waals surface area contributed by atoms with Gasteiger partial charge in [-0.15, -0.1) is 0 Å². The lowest BCUT2D eigenvalue weighted by Crippen LogP contribution is -2.43. The fourth-order valence-electron chi connectivity index (χ4n) is 5.49. The highest BCUT2D eigenvalue weighted by Gasteiger charge is 2.45. The minimum atomic E-state index is -0.376. The van der Waals surface area contributed by atoms with Crippen molar-refractivity contribution in [3.8, 4) is 22.4 Å². The molecule has 0 amide bonds. The molecule has 0 aliphatic heterocycles. The first-order chi connectivity index (χ1) is 18.9. The van der Waals surface area contributed by atoms with Gasteiger partial charge in [-0.2, -0.15) is 0 Å². The third-order valence-electron chi connectivity index (χ3n) is 8.91. The highest BCUT2D eigenvalue weighted by atomic mass is 79.9. The van der Waals surface area contributed by atoms with E-state index in [4.69, 9.17) is 4.74 Å². The highest BCUT2D eigenvalue weighted by Crippen LogP contribution is 2.49. The van der Waals surface area contributed by atoms with Crippen molar-refractivity contribution in [2.45, 2.75) is 77.5 Å². The second kappa shape index (κ2) is 11.9. The van der Waals surface area contributed by atoms with E-state index in [1.165, 1.54) is 27.6 Å². The molecule has 40 heavy (non-hydrogen) atoms. The second-order valence-corrected chi connectivity index (χ2v) is 14.8. The molecule has 0 saturated heterocycles. The monoisotopic (exact) mass is 601 g/mol. The second-order valence-electron chi connectivity index (χ2n) is 12.7. The maximum Gasteiger partial charge on any atom is 0.310 e. The minimum Gasteiger partial charge on any atom is -0.465 e. The fraction of sp³-hybridized carbons (Fsp3) is 0.417. The number of aromatic nitrogens is 1. The molecule has 1 heterocycles. The number of unbranched alkanes of at least 4 members (excludes halogenated alkanes) is 1. The number of benzene rings is 3. The van der Waals surface area contributed by atoms with Gasteiger partial charge in [-0.1, -0.05) is 124 Å². The van der Waals surface area contributed by atoms with Crippen LogP contribution in [0.5, 0.6) is 0 Å². The lowest BCUT2D eigenvalue weighted by atomic mass is 9.60. The molecule has 1 unspecified atom stereocenters. The van der Waals surface area contributed by atoms with E-state index in [0.717, 1.165) is 24.1 Å². The van der Waals surface area contributed by atoms with Gasteiger partial charge in [0, 0.05) is 20.8 Å². The molecular formula is C36H44BrNO2. The van der Waals surface area contributed by atoms with Crippen LogP contribution < -0.4 is 0 Å². The number of rotatable bonds is 11. The Bertz CT molecular complexity index is 1430. The molecule has 4 rings (SSSR count). The summed E-state index contributed by atoms with van der Waals surface area (Å²) < 4.78 is 5.35. The Morgan fingerprint density at radius 2 is 1.48 bits per heavy atom. The van der Waals surface area contributed by atoms with Crippen LogP contribution in [0.4, 0.5) is 0 Å². The Morgan fingerprint density at radius 3 is 2.05 bits per heavy atom. The molecular weight excluding hydrogens is 558 g/mol. The van der Waals surface area contributed by atoms with Crippen molar-refractivity contribution in [1.82, 2.24) is 4.98 Å². The predicted molar refractivity (Wildman–Crippen MR) is 173 cm³/mol. The summed E-state index contributed by atoms with van der Waals surface area (Å²) in [5.41, 5.74) is 6.66. The zero-order valence-corrected chi connectivity index (χ0v) is 26.7. The number of ether oxygens (including phenoxy) is 1. The Labute approximate surface area is 248 Å². The van der Waals surface area contributed by atoms with Gasteiger partial charge in [0.1, 0.15) is 0 Å². The first-order valence-corrected chi connectivity index (χ1v) is 15.3. The van der Waals surface area contributed by atoms with E-state index in [0.29, 0.717) is 13.0 Å². The number of H-pyrrole nitrogens is 1. The zero-order chi connectivity index (χ0) is 29.1. The molecule has 3 nitrogen and oxygen atoms in total. The standard InChI is InChI=1S/C36H44BrNO2/c1-8-9-22-40-33(39)29(36(6,7)37)24-34(2,3)35(4,5)27-20-21-30-28(23-27)31(25-16-12-10-13-17-25)32(38-30)26-18-14-11-15-19-26/h10-21,23,29,38H,8-9,22,24H2,1-7H3. The quantitative estimate of drug-likeness (QED) is 0.105. The van der Waals surface area contributed by atoms with Crippen LogP contribution in [0.3, 0.4) is 0 Å². The van der Waals surface area contributed by atoms with Crippen LogP contribution >= 0.6 is 15.9 Å². The molecule has 0 aliphatic carbocycles. The van der Waals surface area contributed by atoms with Crippen LogP contribution in [-0.4, -0.2) is 21.9 Å². The predicted octanol–water partition coefficient (Wildman–Crippen LogP) is 10.3. The Kier molecular flexibility index (Phi) is 8.99. The first kappa shape index (κ1) is 30.1. The molecule has 0 fully saturated rings. The Balaban J connectivity index is 1.77. The largest absolute Gasteiger partial charge is 0.465 e. The summed E-state index contributed by atoms with van der Waals surface area (Å²) in [6.45, 7) is 15.9. The van der Waals surface area contributed by atoms with E-state index in [1.807, 2.05) is 0 Å². The van der Waals surface area contributed by atoms with E-state index < -0.39 is 0 Å². The van der Waals surface area contributed by atoms with Gasteiger partial charge >= 0.3 is 5.97 Å². The number of alkyl halides is 1. The Morgan fingerprint density at radius 1 is 0.875 bits per heavy atom. The number of hydrogen-bond donors (Lipinski definition) is 1. The van der Waals surface area contributed by atoms with E-state index in [1.54, 1.807) is 0 Å². The molecule has 0 bridgehead atoms. The number of carbonyl (C=O) groups is 1. The van der Waals surface area contributed by atoms with Crippen LogP contribution in [0, 0.1) is 11.3 Å². The number of fused-ring (bicyclic) bond motifs is 1. The first-order valence-electron chi connectivity index (χ1n) is 14.5. The summed E-state index contributed by atoms with van der Waals surface area (Å²) in [6.07, 6.45) is 2.60. The molecule has 3 aromatic carbocycles. The molecule has 0 saturated carbocycles. The molecule has 1 N–H and O–H groups in total. The molecule has 0 spiro atoms. The summed E-state index contributed by atoms with van der Waals surface area (Å²) >= 11 is 3.82. The van der Waals surface area contributed by atoms with Gasteiger partial charge in [0.25, 0.3) is 0 Å². The Hall–Kier alpha value is -2.85. The SMILES string of the molecule is CCCCOC(=O)C(CC(C)(C)C(C)(C)c1ccc2[nH]c(-c3ccccc3)c(-c3ccccc3)c2c1)C(C)(C)Br. The van der Waals surface area contributed by atoms with E-state index in [-0.39, 0.29) is 27.0 Å². The smallest absolute Gasteiger partial charge is 0.310 e. The number of hydrogen-bond acceptors (Lipinski definition) is 2. The number of esters is 1. The summed E-state index contributed by atoms with van der Waals surface area (Å²) in [5.74, 6) is -0.377. The molecule has 4 aromatic rings. The van der Waals surface area contributed by atoms with Crippen molar-refractivity contribution in [1.29, 1.82) is 0 Å². The van der Waals surface area contributed by atoms with Crippen molar-refractivity contribution in [2.24, 2.45) is 11.3 Å². The van der Waals surface area contributed by atoms with Crippen LogP contribution in [-0.2, 0) is 14.9 Å². The van der Waals surface area contributed by atoms with E-state index in [2.05, 4.69) is 148 Å². The number of aromatic amines is 1. The van der Waals surface area contributed by atoms with Crippen LogP contribution in [0.15, 0.2) is 78.9 Å². The van der Waals surface area contributed by atoms with Gasteiger partial charge in [-0.25, -0.2) is 0 Å². The maximum atomic E-state index is 13.3. The number of nitrogens with one attached hydrogen (secondary N) is 1. The molecule has 0 aliphatic rings. The normalized spacial score (nSPS) is 13.4. The van der Waals surface area contributed by atoms with Gasteiger partial charge in [0.15, 0.2) is 0 Å². The highest BCUT2D eigenvalue weighted by molar-refractivity contribution is 9.10. The minimum absolute atomic E-state index is 0.112. The van der Waals surface area contributed by atoms with Crippen LogP contribution in [0.1, 0.15) is 73.3 Å². The lowest BCUT2D eigenvalue weighted by Gasteiger charge is -2.45. The lowest BCUT2D eigenvalue weighted by molar-refractivity contribution is -0.151. The van der Waals surface area contributed by atoms with Gasteiger partial charge in [0.2, 0.25) is 0 Å². The van der Waals surface area contributed by atoms with Gasteiger partial charge in [-0.05, 0) is 66.3 Å². The fourth-order valence-corrected chi connectivity index (χ4v) is 5.84. The number of carbonyl (C=O) groups excluding carboxylic acids is 1. The van der Waals surface area contributed by atoms with E-state index >= 15 is 0 Å². The summed E-state index contributed by atoms with van der Waals surface area (Å²) in [6, 6.07) is 28.0. The van der Waals surface area contributed by atoms with Gasteiger partial charge in [-0.3, -0.25) is 4.79 Å². The zero-order valence-electron chi connectivity index (χ0n) is 25.1. The number of halogens is 1. The molecule has 1 atom stereocenters. The molecule has 4 heteroatoms. The van der Waals surface area contributed by atoms with Crippen molar-refractivity contribution < 1.29 is 9.53 Å². The van der Waals surface area contributed by atoms with Crippen molar-refractivity contribution in [2.75, 3.05) is 6.61 Å². The molecule has 1 aromatic heterocycles. The van der Waals surface area contributed by atoms with E-state index in [9.17, 15) is 4.79 Å². The van der Waals surface area contributed by atoms with Gasteiger partial charge < -0.3 is 9.72 Å².